The molecule has 0 aromatic heterocycles. The Morgan fingerprint density at radius 2 is 1.31 bits per heavy atom. The van der Waals surface area contributed by atoms with E-state index in [-0.39, 0.29) is 25.4 Å². The lowest BCUT2D eigenvalue weighted by Gasteiger charge is -2.28. The molecule has 4 rings (SSSR count). The van der Waals surface area contributed by atoms with E-state index < -0.39 is 25.2 Å². The van der Waals surface area contributed by atoms with Crippen molar-refractivity contribution in [3.63, 3.8) is 0 Å². The van der Waals surface area contributed by atoms with Crippen molar-refractivity contribution in [2.45, 2.75) is 26.1 Å². The summed E-state index contributed by atoms with van der Waals surface area (Å²) in [5.74, 6) is 0.405. The van der Waals surface area contributed by atoms with Crippen LogP contribution in [0.4, 0.5) is 10.1 Å². The topological polar surface area (TPSA) is 111 Å². The van der Waals surface area contributed by atoms with Gasteiger partial charge in [-0.05, 0) is 84.6 Å². The largest absolute Gasteiger partial charge is 0.493 e. The van der Waals surface area contributed by atoms with Crippen LogP contribution in [0.1, 0.15) is 41.9 Å². The molecule has 12 heteroatoms. The van der Waals surface area contributed by atoms with E-state index in [0.29, 0.717) is 39.8 Å². The average Bonchev–Trinajstić information content (AvgIpc) is 3.10. The number of ether oxygens (including phenoxy) is 5. The second kappa shape index (κ2) is 17.5. The molecular formula is C37H41FNO9P. The first kappa shape index (κ1) is 37.0. The second-order valence-corrected chi connectivity index (χ2v) is 12.6. The van der Waals surface area contributed by atoms with Crippen LogP contribution in [0, 0.1) is 5.82 Å². The summed E-state index contributed by atoms with van der Waals surface area (Å²) in [5.41, 5.74) is 3.39. The van der Waals surface area contributed by atoms with E-state index in [9.17, 15) is 13.8 Å². The SMILES string of the molecule is CCOP(=O)(OCC)C(Nc1ccc(CC(=O)Oc2cc(/C=C\c3cc(OC)c(OC)c(OC)c3)ccc2OC)cc1)c1ccc(F)cc1. The molecule has 0 aliphatic carbocycles. The van der Waals surface area contributed by atoms with Crippen LogP contribution in [0.5, 0.6) is 28.7 Å². The van der Waals surface area contributed by atoms with E-state index in [2.05, 4.69) is 5.32 Å². The van der Waals surface area contributed by atoms with Crippen molar-refractivity contribution in [1.82, 2.24) is 0 Å². The average molecular weight is 694 g/mol. The molecule has 1 N–H and O–H groups in total. The van der Waals surface area contributed by atoms with Crippen molar-refractivity contribution in [2.24, 2.45) is 0 Å². The number of benzene rings is 4. The number of carbonyl (C=O) groups excluding carboxylic acids is 1. The first-order valence-electron chi connectivity index (χ1n) is 15.5. The summed E-state index contributed by atoms with van der Waals surface area (Å²) >= 11 is 0. The predicted octanol–water partition coefficient (Wildman–Crippen LogP) is 8.56. The third-order valence-electron chi connectivity index (χ3n) is 7.29. The van der Waals surface area contributed by atoms with Crippen molar-refractivity contribution >= 4 is 31.4 Å². The molecule has 10 nitrogen and oxygen atoms in total. The summed E-state index contributed by atoms with van der Waals surface area (Å²) in [6.45, 7) is 3.77. The molecule has 0 bridgehead atoms. The van der Waals surface area contributed by atoms with Gasteiger partial charge in [0.2, 0.25) is 5.75 Å². The zero-order chi connectivity index (χ0) is 35.4. The van der Waals surface area contributed by atoms with Crippen LogP contribution < -0.4 is 29.0 Å². The maximum absolute atomic E-state index is 13.8. The highest BCUT2D eigenvalue weighted by atomic mass is 31.2. The van der Waals surface area contributed by atoms with Gasteiger partial charge >= 0.3 is 13.6 Å². The number of carbonyl (C=O) groups is 1. The molecule has 0 heterocycles. The number of esters is 1. The molecule has 0 spiro atoms. The Bertz CT molecular complexity index is 1740. The van der Waals surface area contributed by atoms with E-state index in [1.54, 1.807) is 71.6 Å². The minimum absolute atomic E-state index is 0.0211. The number of methoxy groups -OCH3 is 4. The number of rotatable bonds is 17. The van der Waals surface area contributed by atoms with Crippen LogP contribution in [0.15, 0.2) is 78.9 Å². The zero-order valence-corrected chi connectivity index (χ0v) is 29.3. The van der Waals surface area contributed by atoms with Crippen LogP contribution >= 0.6 is 7.60 Å². The molecule has 0 aliphatic heterocycles. The van der Waals surface area contributed by atoms with Gasteiger partial charge in [-0.1, -0.05) is 42.5 Å². The quantitative estimate of drug-likeness (QED) is 0.0500. The number of halogens is 1. The molecule has 0 saturated heterocycles. The van der Waals surface area contributed by atoms with Crippen molar-refractivity contribution in [1.29, 1.82) is 0 Å². The smallest absolute Gasteiger partial charge is 0.357 e. The van der Waals surface area contributed by atoms with Crippen LogP contribution in [0.2, 0.25) is 0 Å². The third kappa shape index (κ3) is 9.63. The molecule has 0 aliphatic rings. The van der Waals surface area contributed by atoms with Crippen molar-refractivity contribution in [3.05, 3.63) is 107 Å². The fraction of sp³-hybridized carbons (Fsp3) is 0.270. The van der Waals surface area contributed by atoms with Crippen molar-refractivity contribution < 1.29 is 46.5 Å². The highest BCUT2D eigenvalue weighted by Gasteiger charge is 2.37. The van der Waals surface area contributed by atoms with E-state index in [1.165, 1.54) is 31.4 Å². The van der Waals surface area contributed by atoms with Crippen LogP contribution in [0.25, 0.3) is 12.2 Å². The fourth-order valence-corrected chi connectivity index (χ4v) is 6.94. The lowest BCUT2D eigenvalue weighted by atomic mass is 10.1. The molecule has 0 amide bonds. The van der Waals surface area contributed by atoms with E-state index in [4.69, 9.17) is 32.7 Å². The van der Waals surface area contributed by atoms with Gasteiger partial charge in [0.1, 0.15) is 5.82 Å². The number of nitrogens with one attached hydrogen (secondary N) is 1. The van der Waals surface area contributed by atoms with Gasteiger partial charge in [0.25, 0.3) is 0 Å². The van der Waals surface area contributed by atoms with Gasteiger partial charge in [0.15, 0.2) is 28.8 Å². The maximum atomic E-state index is 13.8. The van der Waals surface area contributed by atoms with Crippen molar-refractivity contribution in [3.8, 4) is 28.7 Å². The summed E-state index contributed by atoms with van der Waals surface area (Å²) in [6, 6.07) is 21.6. The van der Waals surface area contributed by atoms with E-state index >= 15 is 0 Å². The van der Waals surface area contributed by atoms with Crippen LogP contribution in [-0.2, 0) is 24.8 Å². The monoisotopic (exact) mass is 693 g/mol. The Balaban J connectivity index is 1.48. The van der Waals surface area contributed by atoms with Crippen LogP contribution in [-0.4, -0.2) is 47.6 Å². The summed E-state index contributed by atoms with van der Waals surface area (Å²) in [5, 5.41) is 3.21. The summed E-state index contributed by atoms with van der Waals surface area (Å²) in [4.78, 5) is 13.0. The predicted molar refractivity (Wildman–Crippen MR) is 187 cm³/mol. The van der Waals surface area contributed by atoms with Gasteiger partial charge in [-0.25, -0.2) is 4.39 Å². The van der Waals surface area contributed by atoms with Gasteiger partial charge in [-0.15, -0.1) is 0 Å². The molecule has 1 atom stereocenters. The molecule has 1 unspecified atom stereocenters. The first-order chi connectivity index (χ1) is 23.7. The molecule has 0 radical (unpaired) electrons. The highest BCUT2D eigenvalue weighted by molar-refractivity contribution is 7.54. The zero-order valence-electron chi connectivity index (χ0n) is 28.4. The molecule has 0 fully saturated rings. The van der Waals surface area contributed by atoms with Crippen LogP contribution in [0.3, 0.4) is 0 Å². The highest BCUT2D eigenvalue weighted by Crippen LogP contribution is 2.60. The maximum Gasteiger partial charge on any atom is 0.357 e. The Hall–Kier alpha value is -4.83. The van der Waals surface area contributed by atoms with Gasteiger partial charge in [-0.3, -0.25) is 9.36 Å². The third-order valence-corrected chi connectivity index (χ3v) is 9.59. The standard InChI is InChI=1S/C37H41FNO9P/c1-7-46-49(41,47-8-2)37(28-14-16-29(38)17-15-28)39-30-18-11-26(12-19-30)24-35(40)48-32-21-25(13-20-31(32)42-3)9-10-27-22-33(43-4)36(45-6)34(23-27)44-5/h9-23,37,39H,7-8,24H2,1-6H3/b10-9-. The van der Waals surface area contributed by atoms with Gasteiger partial charge < -0.3 is 38.0 Å². The minimum Gasteiger partial charge on any atom is -0.493 e. The molecule has 49 heavy (non-hydrogen) atoms. The Morgan fingerprint density at radius 3 is 1.86 bits per heavy atom. The molecule has 260 valence electrons. The van der Waals surface area contributed by atoms with Crippen molar-refractivity contribution in [2.75, 3.05) is 47.0 Å². The number of hydrogen-bond donors (Lipinski definition) is 1. The molecular weight excluding hydrogens is 652 g/mol. The normalized spacial score (nSPS) is 12.0. The Morgan fingerprint density at radius 1 is 0.735 bits per heavy atom. The second-order valence-electron chi connectivity index (χ2n) is 10.5. The summed E-state index contributed by atoms with van der Waals surface area (Å²) in [6.07, 6.45) is 3.71. The van der Waals surface area contributed by atoms with E-state index in [1.807, 2.05) is 30.4 Å². The fourth-order valence-electron chi connectivity index (χ4n) is 5.01. The Kier molecular flexibility index (Phi) is 13.2. The molecule has 4 aromatic rings. The first-order valence-corrected chi connectivity index (χ1v) is 17.1. The Labute approximate surface area is 286 Å². The molecule has 4 aromatic carbocycles. The van der Waals surface area contributed by atoms with E-state index in [0.717, 1.165) is 11.1 Å². The number of anilines is 1. The summed E-state index contributed by atoms with van der Waals surface area (Å²) < 4.78 is 66.1. The number of hydrogen-bond acceptors (Lipinski definition) is 10. The minimum atomic E-state index is -3.69. The van der Waals surface area contributed by atoms with Gasteiger partial charge in [0, 0.05) is 5.69 Å². The molecule has 0 saturated carbocycles. The van der Waals surface area contributed by atoms with Gasteiger partial charge in [-0.2, -0.15) is 0 Å². The lowest BCUT2D eigenvalue weighted by Crippen LogP contribution is -2.15. The lowest BCUT2D eigenvalue weighted by molar-refractivity contribution is -0.133. The summed E-state index contributed by atoms with van der Waals surface area (Å²) in [7, 11) is 2.46. The van der Waals surface area contributed by atoms with Gasteiger partial charge in [0.05, 0.1) is 48.1 Å².